The molecule has 2 atom stereocenters. The minimum absolute atomic E-state index is 0.0110. The zero-order chi connectivity index (χ0) is 7.56. The van der Waals surface area contributed by atoms with Gasteiger partial charge in [0.1, 0.15) is 0 Å². The second kappa shape index (κ2) is 2.70. The van der Waals surface area contributed by atoms with Crippen molar-refractivity contribution in [2.24, 2.45) is 5.73 Å². The molecule has 1 amide bonds. The van der Waals surface area contributed by atoms with E-state index in [4.69, 9.17) is 10.8 Å². The largest absolute Gasteiger partial charge is 0.465 e. The van der Waals surface area contributed by atoms with Gasteiger partial charge in [0.25, 0.3) is 0 Å². The average Bonchev–Trinajstić information content (AvgIpc) is 2.13. The second-order valence-electron chi connectivity index (χ2n) is 2.34. The van der Waals surface area contributed by atoms with Gasteiger partial charge in [-0.3, -0.25) is 0 Å². The normalized spacial score (nSPS) is 30.5. The number of hydrogen-bond donors (Lipinski definition) is 3. The highest BCUT2D eigenvalue weighted by Gasteiger charge is 2.16. The van der Waals surface area contributed by atoms with E-state index in [0.717, 1.165) is 0 Å². The minimum atomic E-state index is -0.997. The number of amides is 1. The van der Waals surface area contributed by atoms with Crippen molar-refractivity contribution in [2.45, 2.75) is 18.5 Å². The third kappa shape index (κ3) is 1.73. The van der Waals surface area contributed by atoms with Gasteiger partial charge in [0.05, 0.1) is 6.04 Å². The van der Waals surface area contributed by atoms with Crippen LogP contribution in [-0.4, -0.2) is 23.3 Å². The van der Waals surface area contributed by atoms with Crippen LogP contribution in [0.5, 0.6) is 0 Å². The lowest BCUT2D eigenvalue weighted by Crippen LogP contribution is -2.32. The summed E-state index contributed by atoms with van der Waals surface area (Å²) in [7, 11) is 0. The first kappa shape index (κ1) is 7.08. The van der Waals surface area contributed by atoms with Gasteiger partial charge in [-0.2, -0.15) is 0 Å². The van der Waals surface area contributed by atoms with Crippen molar-refractivity contribution in [3.8, 4) is 0 Å². The van der Waals surface area contributed by atoms with Crippen molar-refractivity contribution in [1.82, 2.24) is 5.32 Å². The SMILES string of the molecule is NC1C=CC(NC(=O)O)C1. The Balaban J connectivity index is 2.33. The fourth-order valence-electron chi connectivity index (χ4n) is 0.993. The standard InChI is InChI=1S/C6H10N2O2/c7-4-1-2-5(3-4)8-6(9)10/h1-2,4-5,8H,3,7H2,(H,9,10). The molecule has 0 saturated carbocycles. The van der Waals surface area contributed by atoms with E-state index in [1.54, 1.807) is 12.2 Å². The number of nitrogens with two attached hydrogens (primary N) is 1. The van der Waals surface area contributed by atoms with Gasteiger partial charge >= 0.3 is 6.09 Å². The molecule has 1 aliphatic rings. The predicted molar refractivity (Wildman–Crippen MR) is 36.7 cm³/mol. The summed E-state index contributed by atoms with van der Waals surface area (Å²) in [5.74, 6) is 0. The van der Waals surface area contributed by atoms with Gasteiger partial charge in [0.15, 0.2) is 0 Å². The molecule has 0 spiro atoms. The summed E-state index contributed by atoms with van der Waals surface area (Å²) in [6, 6.07) is -0.0793. The molecular formula is C6H10N2O2. The molecule has 0 aromatic rings. The van der Waals surface area contributed by atoms with Crippen LogP contribution in [0.4, 0.5) is 4.79 Å². The number of carboxylic acid groups (broad SMARTS) is 1. The van der Waals surface area contributed by atoms with Crippen LogP contribution in [0.1, 0.15) is 6.42 Å². The molecule has 10 heavy (non-hydrogen) atoms. The van der Waals surface area contributed by atoms with Crippen LogP contribution >= 0.6 is 0 Å². The smallest absolute Gasteiger partial charge is 0.405 e. The summed E-state index contributed by atoms with van der Waals surface area (Å²) in [6.07, 6.45) is 3.26. The fraction of sp³-hybridized carbons (Fsp3) is 0.500. The maximum Gasteiger partial charge on any atom is 0.405 e. The van der Waals surface area contributed by atoms with Crippen LogP contribution in [0.3, 0.4) is 0 Å². The van der Waals surface area contributed by atoms with E-state index in [1.165, 1.54) is 0 Å². The zero-order valence-electron chi connectivity index (χ0n) is 5.45. The molecule has 0 aromatic carbocycles. The van der Waals surface area contributed by atoms with E-state index in [-0.39, 0.29) is 12.1 Å². The maximum atomic E-state index is 10.1. The summed E-state index contributed by atoms with van der Waals surface area (Å²) in [6.45, 7) is 0. The predicted octanol–water partition coefficient (Wildman–Crippen LogP) is -0.0902. The molecule has 1 rings (SSSR count). The molecule has 56 valence electrons. The molecule has 0 saturated heterocycles. The van der Waals surface area contributed by atoms with E-state index in [0.29, 0.717) is 6.42 Å². The third-order valence-electron chi connectivity index (χ3n) is 1.43. The Morgan fingerprint density at radius 1 is 1.70 bits per heavy atom. The molecule has 0 aliphatic heterocycles. The van der Waals surface area contributed by atoms with Crippen molar-refractivity contribution in [3.05, 3.63) is 12.2 Å². The summed E-state index contributed by atoms with van der Waals surface area (Å²) in [4.78, 5) is 10.1. The lowest BCUT2D eigenvalue weighted by molar-refractivity contribution is 0.192. The van der Waals surface area contributed by atoms with Gasteiger partial charge < -0.3 is 16.2 Å². The van der Waals surface area contributed by atoms with Gasteiger partial charge in [-0.15, -0.1) is 0 Å². The Labute approximate surface area is 58.7 Å². The van der Waals surface area contributed by atoms with Crippen molar-refractivity contribution in [1.29, 1.82) is 0 Å². The molecule has 1 aliphatic carbocycles. The Kier molecular flexibility index (Phi) is 1.91. The van der Waals surface area contributed by atoms with Crippen LogP contribution in [0.15, 0.2) is 12.2 Å². The molecule has 0 aromatic heterocycles. The first-order valence-electron chi connectivity index (χ1n) is 3.12. The number of nitrogens with one attached hydrogen (secondary N) is 1. The first-order valence-corrected chi connectivity index (χ1v) is 3.12. The minimum Gasteiger partial charge on any atom is -0.465 e. The highest BCUT2D eigenvalue weighted by Crippen LogP contribution is 2.07. The molecule has 0 radical (unpaired) electrons. The zero-order valence-corrected chi connectivity index (χ0v) is 5.45. The van der Waals surface area contributed by atoms with Crippen LogP contribution in [0, 0.1) is 0 Å². The highest BCUT2D eigenvalue weighted by atomic mass is 16.4. The van der Waals surface area contributed by atoms with Crippen LogP contribution < -0.4 is 11.1 Å². The van der Waals surface area contributed by atoms with Crippen molar-refractivity contribution < 1.29 is 9.90 Å². The van der Waals surface area contributed by atoms with E-state index in [2.05, 4.69) is 5.32 Å². The van der Waals surface area contributed by atoms with Crippen LogP contribution in [0.2, 0.25) is 0 Å². The van der Waals surface area contributed by atoms with Gasteiger partial charge in [0, 0.05) is 6.04 Å². The third-order valence-corrected chi connectivity index (χ3v) is 1.43. The summed E-state index contributed by atoms with van der Waals surface area (Å²) in [5.41, 5.74) is 5.48. The van der Waals surface area contributed by atoms with Gasteiger partial charge in [-0.05, 0) is 6.42 Å². The summed E-state index contributed by atoms with van der Waals surface area (Å²) in [5, 5.41) is 10.6. The van der Waals surface area contributed by atoms with Crippen LogP contribution in [0.25, 0.3) is 0 Å². The van der Waals surface area contributed by atoms with E-state index < -0.39 is 6.09 Å². The monoisotopic (exact) mass is 142 g/mol. The second-order valence-corrected chi connectivity index (χ2v) is 2.34. The topological polar surface area (TPSA) is 75.3 Å². The highest BCUT2D eigenvalue weighted by molar-refractivity contribution is 5.65. The summed E-state index contributed by atoms with van der Waals surface area (Å²) < 4.78 is 0. The number of carbonyl (C=O) groups is 1. The van der Waals surface area contributed by atoms with E-state index >= 15 is 0 Å². The van der Waals surface area contributed by atoms with Crippen LogP contribution in [-0.2, 0) is 0 Å². The van der Waals surface area contributed by atoms with E-state index in [9.17, 15) is 4.79 Å². The molecular weight excluding hydrogens is 132 g/mol. The Bertz CT molecular complexity index is 167. The quantitative estimate of drug-likeness (QED) is 0.448. The van der Waals surface area contributed by atoms with Crippen molar-refractivity contribution in [3.63, 3.8) is 0 Å². The molecule has 4 nitrogen and oxygen atoms in total. The van der Waals surface area contributed by atoms with Gasteiger partial charge in [-0.1, -0.05) is 12.2 Å². The first-order chi connectivity index (χ1) is 4.68. The van der Waals surface area contributed by atoms with Crippen molar-refractivity contribution >= 4 is 6.09 Å². The molecule has 4 N–H and O–H groups in total. The average molecular weight is 142 g/mol. The lowest BCUT2D eigenvalue weighted by atomic mass is 10.2. The van der Waals surface area contributed by atoms with Gasteiger partial charge in [-0.25, -0.2) is 4.79 Å². The Hall–Kier alpha value is -1.03. The molecule has 0 bridgehead atoms. The van der Waals surface area contributed by atoms with Crippen molar-refractivity contribution in [2.75, 3.05) is 0 Å². The molecule has 0 fully saturated rings. The molecule has 2 unspecified atom stereocenters. The fourth-order valence-corrected chi connectivity index (χ4v) is 0.993. The summed E-state index contributed by atoms with van der Waals surface area (Å²) >= 11 is 0. The molecule has 0 heterocycles. The number of rotatable bonds is 1. The number of hydrogen-bond acceptors (Lipinski definition) is 2. The lowest BCUT2D eigenvalue weighted by Gasteiger charge is -2.07. The maximum absolute atomic E-state index is 10.1. The Morgan fingerprint density at radius 2 is 2.40 bits per heavy atom. The van der Waals surface area contributed by atoms with Gasteiger partial charge in [0.2, 0.25) is 0 Å². The van der Waals surface area contributed by atoms with E-state index in [1.807, 2.05) is 0 Å². The Morgan fingerprint density at radius 3 is 2.80 bits per heavy atom. The molecule has 4 heteroatoms.